The van der Waals surface area contributed by atoms with Gasteiger partial charge in [0.2, 0.25) is 0 Å². The van der Waals surface area contributed by atoms with Gasteiger partial charge >= 0.3 is 0 Å². The van der Waals surface area contributed by atoms with Crippen LogP contribution in [0.2, 0.25) is 0 Å². The second-order valence-electron chi connectivity index (χ2n) is 6.73. The number of piperidine rings is 1. The van der Waals surface area contributed by atoms with Crippen molar-refractivity contribution in [3.05, 3.63) is 59.0 Å². The van der Waals surface area contributed by atoms with Crippen LogP contribution in [0.5, 0.6) is 0 Å². The van der Waals surface area contributed by atoms with E-state index in [1.54, 1.807) is 12.1 Å². The molecule has 2 aromatic rings. The largest absolute Gasteiger partial charge is 0.387 e. The maximum Gasteiger partial charge on any atom is 0.262 e. The van der Waals surface area contributed by atoms with E-state index in [1.807, 2.05) is 7.05 Å². The first-order valence-corrected chi connectivity index (χ1v) is 8.64. The summed E-state index contributed by atoms with van der Waals surface area (Å²) in [7, 11) is 2.02. The van der Waals surface area contributed by atoms with E-state index < -0.39 is 35.0 Å². The van der Waals surface area contributed by atoms with E-state index in [9.17, 15) is 23.1 Å². The zero-order chi connectivity index (χ0) is 19.6. The molecule has 1 unspecified atom stereocenters. The Hall–Kier alpha value is -2.45. The van der Waals surface area contributed by atoms with Crippen molar-refractivity contribution in [1.29, 1.82) is 0 Å². The molecule has 0 bridgehead atoms. The molecule has 3 rings (SSSR count). The highest BCUT2D eigenvalue weighted by molar-refractivity contribution is 6.04. The number of hydrogen-bond acceptors (Lipinski definition) is 4. The molecule has 1 aromatic heterocycles. The summed E-state index contributed by atoms with van der Waals surface area (Å²) in [4.78, 5) is 18.5. The van der Waals surface area contributed by atoms with Crippen molar-refractivity contribution in [3.63, 3.8) is 0 Å². The van der Waals surface area contributed by atoms with Gasteiger partial charge in [-0.05, 0) is 51.0 Å². The van der Waals surface area contributed by atoms with Crippen LogP contribution in [0.1, 0.15) is 35.0 Å². The number of aliphatic hydroxyl groups excluding tert-OH is 1. The first-order valence-electron chi connectivity index (χ1n) is 8.64. The summed E-state index contributed by atoms with van der Waals surface area (Å²) in [6, 6.07) is 5.55. The van der Waals surface area contributed by atoms with Crippen molar-refractivity contribution in [1.82, 2.24) is 9.88 Å². The van der Waals surface area contributed by atoms with Gasteiger partial charge in [0, 0.05) is 12.1 Å². The molecule has 1 amide bonds. The standard InChI is InChI=1S/C19H20F3N3O2/c1-25-7-5-11(6-8-25)18(26)15-3-2-4-16(23-15)24-19(27)17-13(21)9-12(20)10-14(17)22/h2-4,9-11,18,26H,5-8H2,1H3,(H,23,24,27). The second-order valence-corrected chi connectivity index (χ2v) is 6.73. The summed E-state index contributed by atoms with van der Waals surface area (Å²) in [5.74, 6) is -4.69. The van der Waals surface area contributed by atoms with Crippen LogP contribution in [0.4, 0.5) is 19.0 Å². The minimum Gasteiger partial charge on any atom is -0.387 e. The van der Waals surface area contributed by atoms with E-state index in [1.165, 1.54) is 6.07 Å². The third-order valence-corrected chi connectivity index (χ3v) is 4.76. The number of carbonyl (C=O) groups is 1. The summed E-state index contributed by atoms with van der Waals surface area (Å²) < 4.78 is 40.5. The molecule has 0 aliphatic carbocycles. The lowest BCUT2D eigenvalue weighted by molar-refractivity contribution is 0.0627. The van der Waals surface area contributed by atoms with Gasteiger partial charge in [0.15, 0.2) is 0 Å². The van der Waals surface area contributed by atoms with Crippen molar-refractivity contribution in [2.24, 2.45) is 5.92 Å². The molecule has 0 saturated carbocycles. The van der Waals surface area contributed by atoms with E-state index in [4.69, 9.17) is 0 Å². The molecule has 8 heteroatoms. The third-order valence-electron chi connectivity index (χ3n) is 4.76. The molecule has 27 heavy (non-hydrogen) atoms. The van der Waals surface area contributed by atoms with Crippen LogP contribution < -0.4 is 5.32 Å². The van der Waals surface area contributed by atoms with Gasteiger partial charge < -0.3 is 15.3 Å². The zero-order valence-electron chi connectivity index (χ0n) is 14.8. The van der Waals surface area contributed by atoms with E-state index >= 15 is 0 Å². The fourth-order valence-corrected chi connectivity index (χ4v) is 3.21. The molecule has 1 aliphatic rings. The van der Waals surface area contributed by atoms with E-state index in [0.717, 1.165) is 25.9 Å². The molecular formula is C19H20F3N3O2. The predicted octanol–water partition coefficient (Wildman–Crippen LogP) is 3.13. The van der Waals surface area contributed by atoms with Crippen molar-refractivity contribution < 1.29 is 23.1 Å². The predicted molar refractivity (Wildman–Crippen MR) is 93.7 cm³/mol. The number of aromatic nitrogens is 1. The number of carbonyl (C=O) groups excluding carboxylic acids is 1. The van der Waals surface area contributed by atoms with Gasteiger partial charge in [-0.1, -0.05) is 6.07 Å². The molecule has 1 aliphatic heterocycles. The highest BCUT2D eigenvalue weighted by Crippen LogP contribution is 2.30. The van der Waals surface area contributed by atoms with Crippen LogP contribution in [-0.2, 0) is 0 Å². The number of benzene rings is 1. The van der Waals surface area contributed by atoms with E-state index in [0.29, 0.717) is 17.8 Å². The lowest BCUT2D eigenvalue weighted by Gasteiger charge is -2.31. The summed E-state index contributed by atoms with van der Waals surface area (Å²) in [6.45, 7) is 1.75. The van der Waals surface area contributed by atoms with Gasteiger partial charge in [-0.25, -0.2) is 18.2 Å². The quantitative estimate of drug-likeness (QED) is 0.857. The lowest BCUT2D eigenvalue weighted by atomic mass is 9.89. The van der Waals surface area contributed by atoms with Gasteiger partial charge in [-0.15, -0.1) is 0 Å². The van der Waals surface area contributed by atoms with Crippen LogP contribution in [-0.4, -0.2) is 41.0 Å². The summed E-state index contributed by atoms with van der Waals surface area (Å²) in [5, 5.41) is 12.9. The van der Waals surface area contributed by atoms with Crippen LogP contribution >= 0.6 is 0 Å². The Labute approximate surface area is 154 Å². The highest BCUT2D eigenvalue weighted by Gasteiger charge is 2.26. The molecule has 1 fully saturated rings. The highest BCUT2D eigenvalue weighted by atomic mass is 19.1. The summed E-state index contributed by atoms with van der Waals surface area (Å²) >= 11 is 0. The number of anilines is 1. The Balaban J connectivity index is 1.75. The molecule has 0 radical (unpaired) electrons. The normalized spacial score (nSPS) is 16.9. The molecule has 1 aromatic carbocycles. The number of halogens is 3. The lowest BCUT2D eigenvalue weighted by Crippen LogP contribution is -2.33. The van der Waals surface area contributed by atoms with Crippen molar-refractivity contribution in [3.8, 4) is 0 Å². The number of hydrogen-bond donors (Lipinski definition) is 2. The zero-order valence-corrected chi connectivity index (χ0v) is 14.8. The smallest absolute Gasteiger partial charge is 0.262 e. The Morgan fingerprint density at radius 2 is 1.85 bits per heavy atom. The molecule has 144 valence electrons. The SMILES string of the molecule is CN1CCC(C(O)c2cccc(NC(=O)c3c(F)cc(F)cc3F)n2)CC1. The number of likely N-dealkylation sites (tertiary alicyclic amines) is 1. The van der Waals surface area contributed by atoms with Crippen LogP contribution in [0.15, 0.2) is 30.3 Å². The minimum atomic E-state index is -1.30. The monoisotopic (exact) mass is 379 g/mol. The Morgan fingerprint density at radius 1 is 1.22 bits per heavy atom. The van der Waals surface area contributed by atoms with Crippen LogP contribution in [0, 0.1) is 23.4 Å². The van der Waals surface area contributed by atoms with Crippen molar-refractivity contribution in [2.75, 3.05) is 25.5 Å². The Bertz CT molecular complexity index is 816. The maximum absolute atomic E-state index is 13.7. The number of nitrogens with one attached hydrogen (secondary N) is 1. The van der Waals surface area contributed by atoms with Gasteiger partial charge in [0.1, 0.15) is 28.8 Å². The summed E-state index contributed by atoms with van der Waals surface area (Å²) in [6.07, 6.45) is 0.846. The van der Waals surface area contributed by atoms with Crippen molar-refractivity contribution >= 4 is 11.7 Å². The molecule has 0 spiro atoms. The molecule has 1 atom stereocenters. The molecule has 5 nitrogen and oxygen atoms in total. The Morgan fingerprint density at radius 3 is 2.48 bits per heavy atom. The average Bonchev–Trinajstić information content (AvgIpc) is 2.61. The number of nitrogens with zero attached hydrogens (tertiary/aromatic N) is 2. The van der Waals surface area contributed by atoms with Gasteiger partial charge in [-0.2, -0.15) is 0 Å². The number of rotatable bonds is 4. The van der Waals surface area contributed by atoms with Gasteiger partial charge in [-0.3, -0.25) is 4.79 Å². The average molecular weight is 379 g/mol. The fourth-order valence-electron chi connectivity index (χ4n) is 3.21. The fraction of sp³-hybridized carbons (Fsp3) is 0.368. The molecule has 2 N–H and O–H groups in total. The van der Waals surface area contributed by atoms with Gasteiger partial charge in [0.25, 0.3) is 5.91 Å². The minimum absolute atomic E-state index is 0.0478. The first-order chi connectivity index (χ1) is 12.8. The maximum atomic E-state index is 13.7. The first kappa shape index (κ1) is 19.3. The topological polar surface area (TPSA) is 65.5 Å². The molecular weight excluding hydrogens is 359 g/mol. The Kier molecular flexibility index (Phi) is 5.76. The number of aliphatic hydroxyl groups is 1. The summed E-state index contributed by atoms with van der Waals surface area (Å²) in [5.41, 5.74) is -0.512. The van der Waals surface area contributed by atoms with Crippen LogP contribution in [0.25, 0.3) is 0 Å². The van der Waals surface area contributed by atoms with Crippen molar-refractivity contribution in [2.45, 2.75) is 18.9 Å². The van der Waals surface area contributed by atoms with E-state index in [2.05, 4.69) is 15.2 Å². The number of pyridine rings is 1. The molecule has 2 heterocycles. The molecule has 1 saturated heterocycles. The number of amides is 1. The third kappa shape index (κ3) is 4.45. The van der Waals surface area contributed by atoms with Gasteiger partial charge in [0.05, 0.1) is 11.8 Å². The van der Waals surface area contributed by atoms with Crippen LogP contribution in [0.3, 0.4) is 0 Å². The van der Waals surface area contributed by atoms with E-state index in [-0.39, 0.29) is 11.7 Å². The second kappa shape index (κ2) is 8.06.